The van der Waals surface area contributed by atoms with Crippen LogP contribution in [0.15, 0.2) is 24.3 Å². The van der Waals surface area contributed by atoms with Gasteiger partial charge in [-0.1, -0.05) is 17.7 Å². The highest BCUT2D eigenvalue weighted by Crippen LogP contribution is 2.17. The molecule has 1 aromatic carbocycles. The normalized spacial score (nSPS) is 14.4. The summed E-state index contributed by atoms with van der Waals surface area (Å²) in [4.78, 5) is 39.3. The number of hydrogen-bond donors (Lipinski definition) is 2. The van der Waals surface area contributed by atoms with Gasteiger partial charge >= 0.3 is 11.8 Å². The number of amides is 3. The van der Waals surface area contributed by atoms with Gasteiger partial charge in [0.25, 0.3) is 0 Å². The van der Waals surface area contributed by atoms with Crippen molar-refractivity contribution < 1.29 is 14.4 Å². The molecule has 0 aliphatic carbocycles. The number of carbonyl (C=O) groups is 3. The molecule has 2 N–H and O–H groups in total. The number of benzene rings is 1. The van der Waals surface area contributed by atoms with Crippen molar-refractivity contribution in [2.24, 2.45) is 0 Å². The van der Waals surface area contributed by atoms with Gasteiger partial charge in [-0.05, 0) is 32.9 Å². The fraction of sp³-hybridized carbons (Fsp3) is 0.500. The van der Waals surface area contributed by atoms with Crippen LogP contribution in [0.5, 0.6) is 0 Å². The topological polar surface area (TPSA) is 81.8 Å². The SMILES string of the molecule is Cc1ccc(N2CCN(C(=O)CNC(=O)C(=O)NC(C)C)CC2)cc1. The summed E-state index contributed by atoms with van der Waals surface area (Å²) in [5, 5.41) is 4.87. The third kappa shape index (κ3) is 5.48. The summed E-state index contributed by atoms with van der Waals surface area (Å²) < 4.78 is 0. The Morgan fingerprint density at radius 3 is 2.16 bits per heavy atom. The first-order chi connectivity index (χ1) is 11.9. The highest BCUT2D eigenvalue weighted by molar-refractivity contribution is 6.35. The number of anilines is 1. The minimum Gasteiger partial charge on any atom is -0.368 e. The van der Waals surface area contributed by atoms with Crippen molar-refractivity contribution in [1.29, 1.82) is 0 Å². The van der Waals surface area contributed by atoms with Gasteiger partial charge in [0.15, 0.2) is 0 Å². The molecule has 0 atom stereocenters. The number of rotatable bonds is 4. The number of nitrogens with zero attached hydrogens (tertiary/aromatic N) is 2. The van der Waals surface area contributed by atoms with E-state index in [9.17, 15) is 14.4 Å². The van der Waals surface area contributed by atoms with E-state index in [0.29, 0.717) is 13.1 Å². The Bertz CT molecular complexity index is 620. The Morgan fingerprint density at radius 1 is 1.00 bits per heavy atom. The molecule has 0 saturated carbocycles. The Morgan fingerprint density at radius 2 is 1.60 bits per heavy atom. The fourth-order valence-corrected chi connectivity index (χ4v) is 2.65. The second kappa shape index (κ2) is 8.50. The summed E-state index contributed by atoms with van der Waals surface area (Å²) in [6.45, 7) is 8.12. The third-order valence-corrected chi connectivity index (χ3v) is 4.06. The summed E-state index contributed by atoms with van der Waals surface area (Å²) in [6, 6.07) is 8.19. The molecule has 2 rings (SSSR count). The van der Waals surface area contributed by atoms with E-state index in [4.69, 9.17) is 0 Å². The van der Waals surface area contributed by atoms with Crippen molar-refractivity contribution in [3.8, 4) is 0 Å². The third-order valence-electron chi connectivity index (χ3n) is 4.06. The smallest absolute Gasteiger partial charge is 0.309 e. The van der Waals surface area contributed by atoms with Crippen LogP contribution in [0.3, 0.4) is 0 Å². The first-order valence-electron chi connectivity index (χ1n) is 8.55. The first-order valence-corrected chi connectivity index (χ1v) is 8.55. The van der Waals surface area contributed by atoms with Gasteiger partial charge in [-0.15, -0.1) is 0 Å². The predicted octanol–water partition coefficient (Wildman–Crippen LogP) is 0.284. The number of carbonyl (C=O) groups excluding carboxylic acids is 3. The second-order valence-corrected chi connectivity index (χ2v) is 6.51. The lowest BCUT2D eigenvalue weighted by molar-refractivity contribution is -0.140. The molecule has 1 saturated heterocycles. The standard InChI is InChI=1S/C18H26N4O3/c1-13(2)20-18(25)17(24)19-12-16(23)22-10-8-21(9-11-22)15-6-4-14(3)5-7-15/h4-7,13H,8-12H2,1-3H3,(H,19,24)(H,20,25). The minimum atomic E-state index is -0.777. The van der Waals surface area contributed by atoms with Crippen LogP contribution in [0.2, 0.25) is 0 Å². The zero-order valence-electron chi connectivity index (χ0n) is 15.0. The number of piperazine rings is 1. The average molecular weight is 346 g/mol. The lowest BCUT2D eigenvalue weighted by Gasteiger charge is -2.36. The summed E-state index contributed by atoms with van der Waals surface area (Å²) in [7, 11) is 0. The summed E-state index contributed by atoms with van der Waals surface area (Å²) >= 11 is 0. The molecule has 1 heterocycles. The molecular formula is C18H26N4O3. The van der Waals surface area contributed by atoms with Crippen molar-refractivity contribution >= 4 is 23.4 Å². The Balaban J connectivity index is 1.76. The molecule has 0 unspecified atom stereocenters. The van der Waals surface area contributed by atoms with E-state index in [2.05, 4.69) is 46.7 Å². The highest BCUT2D eigenvalue weighted by atomic mass is 16.2. The second-order valence-electron chi connectivity index (χ2n) is 6.51. The van der Waals surface area contributed by atoms with Crippen LogP contribution in [-0.2, 0) is 14.4 Å². The van der Waals surface area contributed by atoms with Gasteiger partial charge in [0.2, 0.25) is 5.91 Å². The highest BCUT2D eigenvalue weighted by Gasteiger charge is 2.22. The van der Waals surface area contributed by atoms with Crippen LogP contribution in [0, 0.1) is 6.92 Å². The summed E-state index contributed by atoms with van der Waals surface area (Å²) in [5.41, 5.74) is 2.37. The summed E-state index contributed by atoms with van der Waals surface area (Å²) in [6.07, 6.45) is 0. The molecule has 0 radical (unpaired) electrons. The van der Waals surface area contributed by atoms with E-state index in [1.54, 1.807) is 18.7 Å². The van der Waals surface area contributed by atoms with Gasteiger partial charge in [0.1, 0.15) is 0 Å². The molecule has 1 aliphatic heterocycles. The summed E-state index contributed by atoms with van der Waals surface area (Å²) in [5.74, 6) is -1.67. The van der Waals surface area contributed by atoms with Gasteiger partial charge in [-0.2, -0.15) is 0 Å². The molecule has 25 heavy (non-hydrogen) atoms. The number of hydrogen-bond acceptors (Lipinski definition) is 4. The molecule has 1 fully saturated rings. The van der Waals surface area contributed by atoms with Crippen molar-refractivity contribution in [3.05, 3.63) is 29.8 Å². The van der Waals surface area contributed by atoms with Gasteiger partial charge in [-0.3, -0.25) is 14.4 Å². The van der Waals surface area contributed by atoms with Crippen LogP contribution >= 0.6 is 0 Å². The van der Waals surface area contributed by atoms with Crippen LogP contribution in [0.25, 0.3) is 0 Å². The number of nitrogens with one attached hydrogen (secondary N) is 2. The van der Waals surface area contributed by atoms with Crippen molar-refractivity contribution in [2.75, 3.05) is 37.6 Å². The van der Waals surface area contributed by atoms with Crippen molar-refractivity contribution in [2.45, 2.75) is 26.8 Å². The zero-order valence-corrected chi connectivity index (χ0v) is 15.0. The van der Waals surface area contributed by atoms with Gasteiger partial charge in [0.05, 0.1) is 6.54 Å². The molecule has 136 valence electrons. The van der Waals surface area contributed by atoms with E-state index >= 15 is 0 Å². The van der Waals surface area contributed by atoms with E-state index in [-0.39, 0.29) is 18.5 Å². The van der Waals surface area contributed by atoms with Gasteiger partial charge < -0.3 is 20.4 Å². The molecule has 0 spiro atoms. The van der Waals surface area contributed by atoms with E-state index < -0.39 is 11.8 Å². The Hall–Kier alpha value is -2.57. The van der Waals surface area contributed by atoms with Crippen molar-refractivity contribution in [3.63, 3.8) is 0 Å². The maximum Gasteiger partial charge on any atom is 0.309 e. The van der Waals surface area contributed by atoms with E-state index in [1.807, 2.05) is 0 Å². The largest absolute Gasteiger partial charge is 0.368 e. The Labute approximate surface area is 148 Å². The molecule has 0 bridgehead atoms. The maximum atomic E-state index is 12.2. The lowest BCUT2D eigenvalue weighted by Crippen LogP contribution is -2.52. The lowest BCUT2D eigenvalue weighted by atomic mass is 10.2. The molecule has 0 aromatic heterocycles. The fourth-order valence-electron chi connectivity index (χ4n) is 2.65. The van der Waals surface area contributed by atoms with Crippen LogP contribution < -0.4 is 15.5 Å². The van der Waals surface area contributed by atoms with Crippen LogP contribution in [-0.4, -0.2) is 61.4 Å². The molecule has 1 aliphatic rings. The quantitative estimate of drug-likeness (QED) is 0.768. The van der Waals surface area contributed by atoms with Crippen LogP contribution in [0.1, 0.15) is 19.4 Å². The molecule has 1 aromatic rings. The molecular weight excluding hydrogens is 320 g/mol. The predicted molar refractivity (Wildman–Crippen MR) is 96.3 cm³/mol. The average Bonchev–Trinajstić information content (AvgIpc) is 2.59. The zero-order chi connectivity index (χ0) is 18.4. The molecule has 3 amide bonds. The van der Waals surface area contributed by atoms with E-state index in [1.165, 1.54) is 5.56 Å². The minimum absolute atomic E-state index is 0.121. The molecule has 7 nitrogen and oxygen atoms in total. The monoisotopic (exact) mass is 346 g/mol. The Kier molecular flexibility index (Phi) is 6.38. The van der Waals surface area contributed by atoms with Gasteiger partial charge in [-0.25, -0.2) is 0 Å². The van der Waals surface area contributed by atoms with E-state index in [0.717, 1.165) is 18.8 Å². The van der Waals surface area contributed by atoms with Crippen molar-refractivity contribution in [1.82, 2.24) is 15.5 Å². The number of aryl methyl sites for hydroxylation is 1. The van der Waals surface area contributed by atoms with Crippen LogP contribution in [0.4, 0.5) is 5.69 Å². The maximum absolute atomic E-state index is 12.2. The molecule has 7 heteroatoms. The first kappa shape index (κ1) is 18.8. The van der Waals surface area contributed by atoms with Gasteiger partial charge in [0, 0.05) is 37.9 Å².